The Morgan fingerprint density at radius 3 is 2.71 bits per heavy atom. The molecule has 0 spiro atoms. The van der Waals surface area contributed by atoms with Crippen LogP contribution < -0.4 is 5.32 Å². The van der Waals surface area contributed by atoms with Crippen molar-refractivity contribution in [3.05, 3.63) is 26.4 Å². The molecule has 0 bridgehead atoms. The van der Waals surface area contributed by atoms with Gasteiger partial charge in [0.1, 0.15) is 5.01 Å². The van der Waals surface area contributed by atoms with Crippen molar-refractivity contribution in [2.75, 3.05) is 5.32 Å². The fourth-order valence-corrected chi connectivity index (χ4v) is 2.89. The SMILES string of the molecule is CCc1nnc(NC(=O)c2csc(C)c2C)s1. The van der Waals surface area contributed by atoms with E-state index in [4.69, 9.17) is 0 Å². The molecule has 2 heterocycles. The number of nitrogens with zero attached hydrogens (tertiary/aromatic N) is 2. The molecule has 0 aliphatic rings. The van der Waals surface area contributed by atoms with Crippen LogP contribution in [0.2, 0.25) is 0 Å². The van der Waals surface area contributed by atoms with Crippen molar-refractivity contribution in [3.63, 3.8) is 0 Å². The zero-order chi connectivity index (χ0) is 12.4. The summed E-state index contributed by atoms with van der Waals surface area (Å²) < 4.78 is 0. The van der Waals surface area contributed by atoms with Crippen LogP contribution in [-0.2, 0) is 6.42 Å². The monoisotopic (exact) mass is 267 g/mol. The standard InChI is InChI=1S/C11H13N3OS2/c1-4-9-13-14-11(17-9)12-10(15)8-5-16-7(3)6(8)2/h5H,4H2,1-3H3,(H,12,14,15). The average molecular weight is 267 g/mol. The summed E-state index contributed by atoms with van der Waals surface area (Å²) in [5.41, 5.74) is 1.76. The highest BCUT2D eigenvalue weighted by Gasteiger charge is 2.14. The first-order valence-electron chi connectivity index (χ1n) is 5.30. The average Bonchev–Trinajstić information content (AvgIpc) is 2.88. The number of nitrogens with one attached hydrogen (secondary N) is 1. The summed E-state index contributed by atoms with van der Waals surface area (Å²) in [5, 5.41) is 14.0. The van der Waals surface area contributed by atoms with Crippen molar-refractivity contribution >= 4 is 33.7 Å². The summed E-state index contributed by atoms with van der Waals surface area (Å²) in [4.78, 5) is 13.1. The van der Waals surface area contributed by atoms with Gasteiger partial charge in [-0.25, -0.2) is 0 Å². The van der Waals surface area contributed by atoms with Crippen LogP contribution in [0, 0.1) is 13.8 Å². The van der Waals surface area contributed by atoms with Gasteiger partial charge in [-0.3, -0.25) is 10.1 Å². The Morgan fingerprint density at radius 1 is 1.41 bits per heavy atom. The van der Waals surface area contributed by atoms with E-state index in [1.54, 1.807) is 11.3 Å². The van der Waals surface area contributed by atoms with Crippen LogP contribution in [0.5, 0.6) is 0 Å². The largest absolute Gasteiger partial charge is 0.296 e. The summed E-state index contributed by atoms with van der Waals surface area (Å²) in [6.07, 6.45) is 0.837. The van der Waals surface area contributed by atoms with E-state index in [1.165, 1.54) is 16.2 Å². The Bertz CT molecular complexity index is 545. The first-order chi connectivity index (χ1) is 8.11. The van der Waals surface area contributed by atoms with Gasteiger partial charge in [0, 0.05) is 10.3 Å². The summed E-state index contributed by atoms with van der Waals surface area (Å²) in [5.74, 6) is -0.106. The van der Waals surface area contributed by atoms with Crippen molar-refractivity contribution in [3.8, 4) is 0 Å². The van der Waals surface area contributed by atoms with Gasteiger partial charge in [-0.15, -0.1) is 21.5 Å². The van der Waals surface area contributed by atoms with Gasteiger partial charge in [0.2, 0.25) is 5.13 Å². The number of carbonyl (C=O) groups excluding carboxylic acids is 1. The number of hydrogen-bond acceptors (Lipinski definition) is 5. The number of thiophene rings is 1. The highest BCUT2D eigenvalue weighted by molar-refractivity contribution is 7.15. The molecule has 90 valence electrons. The molecular formula is C11H13N3OS2. The highest BCUT2D eigenvalue weighted by atomic mass is 32.1. The first-order valence-corrected chi connectivity index (χ1v) is 6.99. The molecule has 0 aromatic carbocycles. The zero-order valence-corrected chi connectivity index (χ0v) is 11.5. The lowest BCUT2D eigenvalue weighted by Crippen LogP contribution is -2.12. The molecule has 2 rings (SSSR count). The lowest BCUT2D eigenvalue weighted by atomic mass is 10.2. The zero-order valence-electron chi connectivity index (χ0n) is 9.90. The predicted molar refractivity (Wildman–Crippen MR) is 71.0 cm³/mol. The van der Waals surface area contributed by atoms with Crippen LogP contribution in [0.25, 0.3) is 0 Å². The van der Waals surface area contributed by atoms with Gasteiger partial charge in [0.15, 0.2) is 0 Å². The molecule has 2 aromatic heterocycles. The highest BCUT2D eigenvalue weighted by Crippen LogP contribution is 2.22. The third kappa shape index (κ3) is 2.53. The summed E-state index contributed by atoms with van der Waals surface area (Å²) in [7, 11) is 0. The van der Waals surface area contributed by atoms with E-state index in [1.807, 2.05) is 26.2 Å². The van der Waals surface area contributed by atoms with Crippen molar-refractivity contribution < 1.29 is 4.79 Å². The van der Waals surface area contributed by atoms with Gasteiger partial charge in [0.05, 0.1) is 5.56 Å². The number of hydrogen-bond donors (Lipinski definition) is 1. The molecule has 0 radical (unpaired) electrons. The van der Waals surface area contributed by atoms with Crippen molar-refractivity contribution in [2.45, 2.75) is 27.2 Å². The number of anilines is 1. The van der Waals surface area contributed by atoms with Crippen LogP contribution in [0.15, 0.2) is 5.38 Å². The topological polar surface area (TPSA) is 54.9 Å². The Labute approximate surface area is 108 Å². The molecule has 0 aliphatic heterocycles. The molecular weight excluding hydrogens is 254 g/mol. The Balaban J connectivity index is 2.14. The molecule has 0 atom stereocenters. The van der Waals surface area contributed by atoms with E-state index in [-0.39, 0.29) is 5.91 Å². The molecule has 0 fully saturated rings. The van der Waals surface area contributed by atoms with E-state index in [9.17, 15) is 4.79 Å². The van der Waals surface area contributed by atoms with E-state index in [2.05, 4.69) is 15.5 Å². The Hall–Kier alpha value is -1.27. The van der Waals surface area contributed by atoms with Gasteiger partial charge in [-0.1, -0.05) is 18.3 Å². The van der Waals surface area contributed by atoms with Gasteiger partial charge in [0.25, 0.3) is 5.91 Å². The molecule has 1 N–H and O–H groups in total. The van der Waals surface area contributed by atoms with Crippen LogP contribution in [0.4, 0.5) is 5.13 Å². The second kappa shape index (κ2) is 4.93. The molecule has 0 saturated heterocycles. The van der Waals surface area contributed by atoms with Crippen molar-refractivity contribution in [1.82, 2.24) is 10.2 Å². The quantitative estimate of drug-likeness (QED) is 0.930. The summed E-state index contributed by atoms with van der Waals surface area (Å²) in [6.45, 7) is 5.98. The van der Waals surface area contributed by atoms with E-state index in [0.717, 1.165) is 22.6 Å². The molecule has 0 saturated carbocycles. The number of carbonyl (C=O) groups is 1. The Kier molecular flexibility index (Phi) is 3.54. The van der Waals surface area contributed by atoms with Crippen LogP contribution in [-0.4, -0.2) is 16.1 Å². The number of aromatic nitrogens is 2. The third-order valence-corrected chi connectivity index (χ3v) is 4.52. The fourth-order valence-electron chi connectivity index (χ4n) is 1.35. The van der Waals surface area contributed by atoms with Gasteiger partial charge in [-0.05, 0) is 25.8 Å². The van der Waals surface area contributed by atoms with Crippen LogP contribution in [0.3, 0.4) is 0 Å². The van der Waals surface area contributed by atoms with Gasteiger partial charge >= 0.3 is 0 Å². The maximum Gasteiger partial charge on any atom is 0.258 e. The minimum atomic E-state index is -0.106. The molecule has 4 nitrogen and oxygen atoms in total. The minimum absolute atomic E-state index is 0.106. The third-order valence-electron chi connectivity index (χ3n) is 2.52. The number of rotatable bonds is 3. The Morgan fingerprint density at radius 2 is 2.18 bits per heavy atom. The van der Waals surface area contributed by atoms with Crippen LogP contribution >= 0.6 is 22.7 Å². The summed E-state index contributed by atoms with van der Waals surface area (Å²) >= 11 is 3.00. The second-order valence-corrected chi connectivity index (χ2v) is 5.79. The first kappa shape index (κ1) is 12.2. The maximum absolute atomic E-state index is 12.0. The molecule has 0 aliphatic carbocycles. The van der Waals surface area contributed by atoms with Crippen LogP contribution in [0.1, 0.15) is 32.7 Å². The normalized spacial score (nSPS) is 10.5. The van der Waals surface area contributed by atoms with E-state index in [0.29, 0.717) is 5.13 Å². The molecule has 0 unspecified atom stereocenters. The van der Waals surface area contributed by atoms with Crippen molar-refractivity contribution in [1.29, 1.82) is 0 Å². The molecule has 1 amide bonds. The smallest absolute Gasteiger partial charge is 0.258 e. The number of aryl methyl sites for hydroxylation is 2. The minimum Gasteiger partial charge on any atom is -0.296 e. The van der Waals surface area contributed by atoms with Gasteiger partial charge in [-0.2, -0.15) is 0 Å². The maximum atomic E-state index is 12.0. The lowest BCUT2D eigenvalue weighted by Gasteiger charge is -2.00. The molecule has 17 heavy (non-hydrogen) atoms. The summed E-state index contributed by atoms with van der Waals surface area (Å²) in [6, 6.07) is 0. The fraction of sp³-hybridized carbons (Fsp3) is 0.364. The van der Waals surface area contributed by atoms with E-state index >= 15 is 0 Å². The van der Waals surface area contributed by atoms with Crippen molar-refractivity contribution in [2.24, 2.45) is 0 Å². The second-order valence-electron chi connectivity index (χ2n) is 3.64. The predicted octanol–water partition coefficient (Wildman–Crippen LogP) is 3.03. The van der Waals surface area contributed by atoms with Gasteiger partial charge < -0.3 is 0 Å². The van der Waals surface area contributed by atoms with E-state index < -0.39 is 0 Å². The molecule has 2 aromatic rings. The lowest BCUT2D eigenvalue weighted by molar-refractivity contribution is 0.102. The number of amides is 1. The molecule has 6 heteroatoms.